The van der Waals surface area contributed by atoms with Crippen LogP contribution in [0.3, 0.4) is 0 Å². The van der Waals surface area contributed by atoms with Crippen molar-refractivity contribution in [2.24, 2.45) is 5.41 Å². The van der Waals surface area contributed by atoms with Crippen molar-refractivity contribution in [3.63, 3.8) is 0 Å². The van der Waals surface area contributed by atoms with Crippen molar-refractivity contribution < 1.29 is 27.8 Å². The summed E-state index contributed by atoms with van der Waals surface area (Å²) in [6, 6.07) is 6.83. The Kier molecular flexibility index (Phi) is 9.82. The highest BCUT2D eigenvalue weighted by molar-refractivity contribution is 6.03. The first-order valence-corrected chi connectivity index (χ1v) is 19.5. The molecule has 2 aromatic heterocycles. The highest BCUT2D eigenvalue weighted by Gasteiger charge is 2.48. The molecule has 4 aromatic rings. The van der Waals surface area contributed by atoms with Crippen LogP contribution >= 0.6 is 0 Å². The Morgan fingerprint density at radius 2 is 1.80 bits per heavy atom. The zero-order valence-electron chi connectivity index (χ0n) is 31.6. The number of piperazine rings is 1. The van der Waals surface area contributed by atoms with Gasteiger partial charge in [-0.1, -0.05) is 25.8 Å². The fraction of sp³-hybridized carbons (Fsp3) is 0.500. The summed E-state index contributed by atoms with van der Waals surface area (Å²) in [6.45, 7) is 7.15. The number of likely N-dealkylation sites (tertiary alicyclic amines) is 1. The Hall–Kier alpha value is -5.34. The van der Waals surface area contributed by atoms with E-state index in [2.05, 4.69) is 32.2 Å². The van der Waals surface area contributed by atoms with Crippen LogP contribution in [0, 0.1) is 40.7 Å². The number of terminal acetylenes is 1. The van der Waals surface area contributed by atoms with Crippen LogP contribution in [0.25, 0.3) is 32.9 Å². The van der Waals surface area contributed by atoms with E-state index in [-0.39, 0.29) is 63.0 Å². The summed E-state index contributed by atoms with van der Waals surface area (Å²) < 4.78 is 52.4. The Labute approximate surface area is 323 Å². The van der Waals surface area contributed by atoms with Gasteiger partial charge in [-0.15, -0.1) is 6.42 Å². The van der Waals surface area contributed by atoms with Crippen molar-refractivity contribution in [2.75, 3.05) is 44.2 Å². The molecule has 4 aliphatic rings. The molecule has 8 rings (SSSR count). The van der Waals surface area contributed by atoms with Gasteiger partial charge in [0.25, 0.3) is 0 Å². The number of aromatic nitrogens is 3. The zero-order valence-corrected chi connectivity index (χ0v) is 31.6. The minimum Gasteiger partial charge on any atom is -0.508 e. The first kappa shape index (κ1) is 37.6. The van der Waals surface area contributed by atoms with E-state index in [0.717, 1.165) is 19.4 Å². The third kappa shape index (κ3) is 7.00. The lowest BCUT2D eigenvalue weighted by Crippen LogP contribution is -2.63. The SMILES string of the molecule is C#Cc1c(F)ccc2cc(O)cc(-c3ncc4c(N5CC(CC)N(C(=O)NC6(C#N)CC6)C(CC)C5)nc(OCC5(CN6CCC(F)CC6)CC5)nc4c3F)c12. The molecule has 0 spiro atoms. The van der Waals surface area contributed by atoms with Gasteiger partial charge in [-0.25, -0.2) is 18.0 Å². The van der Waals surface area contributed by atoms with E-state index in [1.54, 1.807) is 0 Å². The van der Waals surface area contributed by atoms with Gasteiger partial charge in [0.15, 0.2) is 5.82 Å². The Morgan fingerprint density at radius 1 is 1.09 bits per heavy atom. The van der Waals surface area contributed by atoms with E-state index in [1.807, 2.05) is 23.6 Å². The van der Waals surface area contributed by atoms with Crippen molar-refractivity contribution >= 4 is 33.5 Å². The number of phenols is 1. The summed E-state index contributed by atoms with van der Waals surface area (Å²) in [4.78, 5) is 33.9. The second-order valence-corrected chi connectivity index (χ2v) is 16.0. The number of carbonyl (C=O) groups is 1. The number of amides is 2. The fourth-order valence-electron chi connectivity index (χ4n) is 8.42. The van der Waals surface area contributed by atoms with E-state index in [4.69, 9.17) is 16.1 Å². The van der Waals surface area contributed by atoms with Gasteiger partial charge in [-0.05, 0) is 75.0 Å². The number of halogens is 3. The fourth-order valence-corrected chi connectivity index (χ4v) is 8.42. The number of nitriles is 1. The summed E-state index contributed by atoms with van der Waals surface area (Å²) >= 11 is 0. The van der Waals surface area contributed by atoms with E-state index >= 15 is 8.78 Å². The number of hydrogen-bond donors (Lipinski definition) is 2. The molecule has 2 saturated carbocycles. The van der Waals surface area contributed by atoms with Crippen molar-refractivity contribution in [3.8, 4) is 41.4 Å². The number of ether oxygens (including phenoxy) is 1. The summed E-state index contributed by atoms with van der Waals surface area (Å²) in [5.41, 5.74) is -1.22. The van der Waals surface area contributed by atoms with E-state index < -0.39 is 23.3 Å². The Balaban J connectivity index is 1.19. The van der Waals surface area contributed by atoms with Gasteiger partial charge in [-0.3, -0.25) is 4.98 Å². The number of nitrogens with one attached hydrogen (secondary N) is 1. The topological polar surface area (TPSA) is 131 Å². The first-order valence-electron chi connectivity index (χ1n) is 19.5. The molecule has 2 N–H and O–H groups in total. The number of rotatable bonds is 10. The number of alkyl halides is 1. The molecule has 2 saturated heterocycles. The van der Waals surface area contributed by atoms with E-state index in [0.29, 0.717) is 87.9 Å². The summed E-state index contributed by atoms with van der Waals surface area (Å²) in [5.74, 6) is 1.09. The molecule has 14 heteroatoms. The van der Waals surface area contributed by atoms with Crippen LogP contribution in [-0.4, -0.2) is 99.0 Å². The molecule has 0 bridgehead atoms. The highest BCUT2D eigenvalue weighted by Crippen LogP contribution is 2.47. The molecule has 292 valence electrons. The number of phenolic OH excluding ortho intramolecular Hbond substituents is 1. The standard InChI is InChI=1S/C42H45F3N8O3/c1-4-27-20-52(21-28(5-2)53(27)40(55)50-42(22-46)13-14-42)38-32-19-47-36(31-18-29(54)17-25-7-8-33(44)30(6-3)34(25)31)35(45)37(32)48-39(49-38)56-24-41(11-12-41)23-51-15-9-26(43)10-16-51/h3,7-8,17-19,26-28,54H,4-5,9-16,20-21,23-24H2,1-2H3,(H,50,55). The van der Waals surface area contributed by atoms with Gasteiger partial charge in [0.05, 0.1) is 35.7 Å². The number of aromatic hydroxyl groups is 1. The molecule has 2 aromatic carbocycles. The molecular weight excluding hydrogens is 722 g/mol. The van der Waals surface area contributed by atoms with Crippen molar-refractivity contribution in [3.05, 3.63) is 47.7 Å². The zero-order chi connectivity index (χ0) is 39.4. The minimum atomic E-state index is -0.825. The van der Waals surface area contributed by atoms with Gasteiger partial charge in [0.1, 0.15) is 40.3 Å². The quantitative estimate of drug-likeness (QED) is 0.167. The normalized spacial score (nSPS) is 21.8. The molecule has 2 atom stereocenters. The predicted octanol–water partition coefficient (Wildman–Crippen LogP) is 6.85. The van der Waals surface area contributed by atoms with E-state index in [9.17, 15) is 19.6 Å². The second kappa shape index (κ2) is 14.6. The van der Waals surface area contributed by atoms with Crippen molar-refractivity contribution in [1.82, 2.24) is 30.1 Å². The molecule has 56 heavy (non-hydrogen) atoms. The monoisotopic (exact) mass is 766 g/mol. The molecule has 2 amide bonds. The largest absolute Gasteiger partial charge is 0.508 e. The Morgan fingerprint density at radius 3 is 2.43 bits per heavy atom. The molecule has 2 aliphatic heterocycles. The van der Waals surface area contributed by atoms with Gasteiger partial charge in [0.2, 0.25) is 0 Å². The molecule has 0 radical (unpaired) electrons. The number of hydrogen-bond acceptors (Lipinski definition) is 9. The Bertz CT molecular complexity index is 2260. The number of urea groups is 1. The van der Waals surface area contributed by atoms with Crippen LogP contribution in [0.2, 0.25) is 0 Å². The lowest BCUT2D eigenvalue weighted by Gasteiger charge is -2.47. The average molecular weight is 767 g/mol. The highest BCUT2D eigenvalue weighted by atomic mass is 19.1. The van der Waals surface area contributed by atoms with Gasteiger partial charge < -0.3 is 29.9 Å². The van der Waals surface area contributed by atoms with Gasteiger partial charge >= 0.3 is 12.0 Å². The third-order valence-electron chi connectivity index (χ3n) is 12.1. The van der Waals surface area contributed by atoms with Crippen LogP contribution < -0.4 is 15.0 Å². The predicted molar refractivity (Wildman–Crippen MR) is 206 cm³/mol. The van der Waals surface area contributed by atoms with Crippen LogP contribution in [0.1, 0.15) is 70.8 Å². The number of piperidine rings is 1. The number of nitrogens with zero attached hydrogens (tertiary/aromatic N) is 7. The molecule has 4 fully saturated rings. The summed E-state index contributed by atoms with van der Waals surface area (Å²) in [5, 5.41) is 24.2. The van der Waals surface area contributed by atoms with Crippen LogP contribution in [-0.2, 0) is 0 Å². The van der Waals surface area contributed by atoms with Gasteiger partial charge in [0, 0.05) is 55.3 Å². The van der Waals surface area contributed by atoms with Crippen LogP contribution in [0.5, 0.6) is 11.8 Å². The van der Waals surface area contributed by atoms with Crippen molar-refractivity contribution in [2.45, 2.75) is 89.0 Å². The lowest BCUT2D eigenvalue weighted by atomic mass is 9.95. The lowest BCUT2D eigenvalue weighted by molar-refractivity contribution is 0.107. The smallest absolute Gasteiger partial charge is 0.319 e. The molecule has 4 heterocycles. The molecular formula is C42H45F3N8O3. The second-order valence-electron chi connectivity index (χ2n) is 16.0. The molecule has 2 unspecified atom stereocenters. The molecule has 2 aliphatic carbocycles. The number of benzene rings is 2. The maximum atomic E-state index is 17.2. The average Bonchev–Trinajstić information content (AvgIpc) is 4.15. The van der Waals surface area contributed by atoms with Crippen LogP contribution in [0.15, 0.2) is 30.5 Å². The number of fused-ring (bicyclic) bond motifs is 2. The number of pyridine rings is 1. The third-order valence-corrected chi connectivity index (χ3v) is 12.1. The minimum absolute atomic E-state index is 0.0284. The summed E-state index contributed by atoms with van der Waals surface area (Å²) in [7, 11) is 0. The number of carbonyl (C=O) groups excluding carboxylic acids is 1. The van der Waals surface area contributed by atoms with Crippen molar-refractivity contribution in [1.29, 1.82) is 5.26 Å². The maximum absolute atomic E-state index is 17.2. The maximum Gasteiger partial charge on any atom is 0.319 e. The summed E-state index contributed by atoms with van der Waals surface area (Å²) in [6.07, 6.45) is 11.8. The van der Waals surface area contributed by atoms with Crippen LogP contribution in [0.4, 0.5) is 23.8 Å². The van der Waals surface area contributed by atoms with Gasteiger partial charge in [-0.2, -0.15) is 15.2 Å². The molecule has 11 nitrogen and oxygen atoms in total. The number of anilines is 1. The first-order chi connectivity index (χ1) is 27.0. The van der Waals surface area contributed by atoms with E-state index in [1.165, 1.54) is 30.5 Å².